The lowest BCUT2D eigenvalue weighted by molar-refractivity contribution is -0.141. The van der Waals surface area contributed by atoms with Crippen molar-refractivity contribution >= 4 is 11.8 Å². The molecule has 0 aliphatic carbocycles. The van der Waals surface area contributed by atoms with Gasteiger partial charge in [0.2, 0.25) is 5.91 Å². The molecule has 4 rings (SSSR count). The zero-order chi connectivity index (χ0) is 30.3. The molecule has 2 fully saturated rings. The van der Waals surface area contributed by atoms with Gasteiger partial charge in [-0.05, 0) is 50.7 Å². The molecule has 1 aromatic heterocycles. The van der Waals surface area contributed by atoms with Crippen molar-refractivity contribution in [2.75, 3.05) is 26.2 Å². The lowest BCUT2D eigenvalue weighted by Crippen LogP contribution is -2.55. The topological polar surface area (TPSA) is 86.5 Å². The lowest BCUT2D eigenvalue weighted by atomic mass is 9.73. The van der Waals surface area contributed by atoms with E-state index in [0.29, 0.717) is 64.0 Å². The van der Waals surface area contributed by atoms with Crippen molar-refractivity contribution in [1.82, 2.24) is 14.8 Å². The number of carbonyl (C=O) groups is 2. The molecule has 42 heavy (non-hydrogen) atoms. The van der Waals surface area contributed by atoms with Crippen LogP contribution in [0, 0.1) is 17.2 Å². The first-order chi connectivity index (χ1) is 20.2. The first-order valence-electron chi connectivity index (χ1n) is 14.9. The van der Waals surface area contributed by atoms with Gasteiger partial charge >= 0.3 is 6.18 Å². The number of likely N-dealkylation sites (tertiary alicyclic amines) is 2. The van der Waals surface area contributed by atoms with Crippen LogP contribution in [0.5, 0.6) is 5.75 Å². The number of rotatable bonds is 9. The molecular formula is C32H39F3N4O3. The predicted molar refractivity (Wildman–Crippen MR) is 152 cm³/mol. The third-order valence-electron chi connectivity index (χ3n) is 8.60. The highest BCUT2D eigenvalue weighted by Gasteiger charge is 2.45. The van der Waals surface area contributed by atoms with Crippen LogP contribution in [0.1, 0.15) is 86.7 Å². The van der Waals surface area contributed by atoms with Gasteiger partial charge in [0, 0.05) is 43.6 Å². The van der Waals surface area contributed by atoms with Gasteiger partial charge in [0.15, 0.2) is 0 Å². The first-order valence-corrected chi connectivity index (χ1v) is 14.9. The van der Waals surface area contributed by atoms with Gasteiger partial charge in [0.05, 0.1) is 35.1 Å². The molecule has 2 atom stereocenters. The molecule has 2 saturated heterocycles. The molecule has 2 aliphatic heterocycles. The molecule has 3 heterocycles. The molecule has 2 aromatic rings. The number of piperidine rings is 2. The molecule has 7 nitrogen and oxygen atoms in total. The molecule has 2 unspecified atom stereocenters. The maximum atomic E-state index is 13.9. The van der Waals surface area contributed by atoms with Crippen molar-refractivity contribution in [3.05, 3.63) is 59.4 Å². The number of aromatic nitrogens is 1. The molecule has 10 heteroatoms. The Kier molecular flexibility index (Phi) is 10.1. The fourth-order valence-corrected chi connectivity index (χ4v) is 6.32. The summed E-state index contributed by atoms with van der Waals surface area (Å²) in [5.41, 5.74) is -1.46. The van der Waals surface area contributed by atoms with Crippen LogP contribution in [0.4, 0.5) is 13.2 Å². The predicted octanol–water partition coefficient (Wildman–Crippen LogP) is 6.38. The summed E-state index contributed by atoms with van der Waals surface area (Å²) in [4.78, 5) is 34.5. The maximum Gasteiger partial charge on any atom is 0.417 e. The second-order valence-corrected chi connectivity index (χ2v) is 11.2. The fraction of sp³-hybridized carbons (Fsp3) is 0.562. The van der Waals surface area contributed by atoms with Crippen molar-refractivity contribution in [3.63, 3.8) is 0 Å². The number of hydrogen-bond donors (Lipinski definition) is 0. The van der Waals surface area contributed by atoms with E-state index in [1.807, 2.05) is 31.2 Å². The number of benzene rings is 1. The van der Waals surface area contributed by atoms with E-state index < -0.39 is 40.6 Å². The minimum Gasteiger partial charge on any atom is -0.493 e. The molecular weight excluding hydrogens is 545 g/mol. The van der Waals surface area contributed by atoms with Gasteiger partial charge in [0.25, 0.3) is 5.91 Å². The van der Waals surface area contributed by atoms with E-state index in [1.165, 1.54) is 4.90 Å². The Balaban J connectivity index is 1.52. The first kappa shape index (κ1) is 31.3. The SMILES string of the molecule is CCCCOc1ccccc1C1(C#N)CCN(C(=O)C2CCCN(C(=O)c3cnccc3C(F)(F)F)C2CCC)CC1. The van der Waals surface area contributed by atoms with Crippen LogP contribution in [0.25, 0.3) is 0 Å². The van der Waals surface area contributed by atoms with Gasteiger partial charge in [-0.2, -0.15) is 18.4 Å². The average Bonchev–Trinajstić information content (AvgIpc) is 3.00. The Bertz CT molecular complexity index is 1280. The minimum atomic E-state index is -4.69. The van der Waals surface area contributed by atoms with E-state index in [0.717, 1.165) is 36.9 Å². The number of nitriles is 1. The molecule has 1 aromatic carbocycles. The fourth-order valence-electron chi connectivity index (χ4n) is 6.32. The summed E-state index contributed by atoms with van der Waals surface area (Å²) >= 11 is 0. The van der Waals surface area contributed by atoms with Crippen LogP contribution in [0.2, 0.25) is 0 Å². The number of halogens is 3. The van der Waals surface area contributed by atoms with Crippen LogP contribution in [-0.2, 0) is 16.4 Å². The number of ether oxygens (including phenoxy) is 1. The van der Waals surface area contributed by atoms with Crippen molar-refractivity contribution in [2.24, 2.45) is 5.92 Å². The van der Waals surface area contributed by atoms with Gasteiger partial charge in [-0.25, -0.2) is 0 Å². The normalized spacial score (nSPS) is 20.6. The maximum absolute atomic E-state index is 13.9. The van der Waals surface area contributed by atoms with Gasteiger partial charge < -0.3 is 14.5 Å². The van der Waals surface area contributed by atoms with Gasteiger partial charge in [-0.15, -0.1) is 0 Å². The van der Waals surface area contributed by atoms with Crippen molar-refractivity contribution < 1.29 is 27.5 Å². The minimum absolute atomic E-state index is 0.104. The highest BCUT2D eigenvalue weighted by molar-refractivity contribution is 5.96. The Labute approximate surface area is 245 Å². The number of nitrogens with zero attached hydrogens (tertiary/aromatic N) is 4. The van der Waals surface area contributed by atoms with Crippen molar-refractivity contribution in [3.8, 4) is 11.8 Å². The lowest BCUT2D eigenvalue weighted by Gasteiger charge is -2.44. The third kappa shape index (κ3) is 6.55. The Morgan fingerprint density at radius 2 is 1.86 bits per heavy atom. The van der Waals surface area contributed by atoms with Crippen LogP contribution >= 0.6 is 0 Å². The number of unbranched alkanes of at least 4 members (excludes halogenated alkanes) is 1. The number of carbonyl (C=O) groups excluding carboxylic acids is 2. The van der Waals surface area contributed by atoms with Crippen LogP contribution in [-0.4, -0.2) is 58.9 Å². The van der Waals surface area contributed by atoms with Crippen LogP contribution < -0.4 is 4.74 Å². The van der Waals surface area contributed by atoms with E-state index in [2.05, 4.69) is 18.0 Å². The largest absolute Gasteiger partial charge is 0.493 e. The van der Waals surface area contributed by atoms with Crippen molar-refractivity contribution in [2.45, 2.75) is 82.8 Å². The van der Waals surface area contributed by atoms with Crippen molar-refractivity contribution in [1.29, 1.82) is 5.26 Å². The molecule has 0 bridgehead atoms. The van der Waals surface area contributed by atoms with Gasteiger partial charge in [-0.1, -0.05) is 44.9 Å². The Hall–Kier alpha value is -3.61. The molecule has 226 valence electrons. The molecule has 2 aliphatic rings. The monoisotopic (exact) mass is 584 g/mol. The molecule has 0 radical (unpaired) electrons. The molecule has 0 N–H and O–H groups in total. The summed E-state index contributed by atoms with van der Waals surface area (Å²) in [7, 11) is 0. The number of amides is 2. The number of hydrogen-bond acceptors (Lipinski definition) is 5. The zero-order valence-electron chi connectivity index (χ0n) is 24.3. The summed E-state index contributed by atoms with van der Waals surface area (Å²) in [6, 6.07) is 10.4. The van der Waals surface area contributed by atoms with Gasteiger partial charge in [0.1, 0.15) is 5.75 Å². The average molecular weight is 585 g/mol. The summed E-state index contributed by atoms with van der Waals surface area (Å²) in [6.45, 7) is 5.63. The summed E-state index contributed by atoms with van der Waals surface area (Å²) in [6.07, 6.45) is 2.35. The molecule has 2 amide bonds. The quantitative estimate of drug-likeness (QED) is 0.319. The van der Waals surface area contributed by atoms with Crippen LogP contribution in [0.3, 0.4) is 0 Å². The second kappa shape index (κ2) is 13.6. The van der Waals surface area contributed by atoms with E-state index >= 15 is 0 Å². The van der Waals surface area contributed by atoms with E-state index in [4.69, 9.17) is 4.74 Å². The Morgan fingerprint density at radius 1 is 1.12 bits per heavy atom. The standard InChI is InChI=1S/C32H39F3N4O3/c1-3-5-20-42-28-12-7-6-11-26(28)31(22-36)14-18-38(19-15-31)29(40)23-10-8-17-39(27(23)9-4-2)30(41)24-21-37-16-13-25(24)32(33,34)35/h6-7,11-13,16,21,23,27H,3-5,8-10,14-15,17-20H2,1-2H3. The van der Waals surface area contributed by atoms with Crippen LogP contribution in [0.15, 0.2) is 42.7 Å². The highest BCUT2D eigenvalue weighted by Crippen LogP contribution is 2.41. The number of alkyl halides is 3. The Morgan fingerprint density at radius 3 is 2.52 bits per heavy atom. The molecule has 0 spiro atoms. The second-order valence-electron chi connectivity index (χ2n) is 11.2. The summed E-state index contributed by atoms with van der Waals surface area (Å²) in [5, 5.41) is 10.3. The molecule has 0 saturated carbocycles. The van der Waals surface area contributed by atoms with Gasteiger partial charge in [-0.3, -0.25) is 14.6 Å². The number of para-hydroxylation sites is 1. The van der Waals surface area contributed by atoms with E-state index in [-0.39, 0.29) is 12.5 Å². The summed E-state index contributed by atoms with van der Waals surface area (Å²) < 4.78 is 47.1. The highest BCUT2D eigenvalue weighted by atomic mass is 19.4. The van der Waals surface area contributed by atoms with E-state index in [1.54, 1.807) is 4.90 Å². The summed E-state index contributed by atoms with van der Waals surface area (Å²) in [5.74, 6) is -0.668. The smallest absolute Gasteiger partial charge is 0.417 e. The zero-order valence-corrected chi connectivity index (χ0v) is 24.3. The van der Waals surface area contributed by atoms with E-state index in [9.17, 15) is 28.0 Å². The number of pyridine rings is 1. The third-order valence-corrected chi connectivity index (χ3v) is 8.60.